The minimum atomic E-state index is -0.452. The molecule has 1 N–H and O–H groups in total. The topological polar surface area (TPSA) is 51.2 Å². The van der Waals surface area contributed by atoms with E-state index < -0.39 is 6.10 Å². The number of nitrogens with zero attached hydrogens (tertiary/aromatic N) is 1. The molecule has 0 amide bonds. The lowest BCUT2D eigenvalue weighted by molar-refractivity contribution is -0.0232. The predicted octanol–water partition coefficient (Wildman–Crippen LogP) is 3.72. The number of benzene rings is 2. The fraction of sp³-hybridized carbons (Fsp3) is 0.455. The molecule has 2 fully saturated rings. The maximum absolute atomic E-state index is 10.7. The molecule has 4 atom stereocenters. The molecule has 5 rings (SSSR count). The molecule has 3 aliphatic rings. The second kappa shape index (κ2) is 7.47. The van der Waals surface area contributed by atoms with Crippen LogP contribution < -0.4 is 14.2 Å². The lowest BCUT2D eigenvalue weighted by Crippen LogP contribution is -2.42. The summed E-state index contributed by atoms with van der Waals surface area (Å²) in [5, 5.41) is 11.5. The molecule has 1 saturated carbocycles. The van der Waals surface area contributed by atoms with Crippen LogP contribution in [0.3, 0.4) is 0 Å². The summed E-state index contributed by atoms with van der Waals surface area (Å²) in [4.78, 5) is 2.45. The molecule has 0 unspecified atom stereocenters. The second-order valence-corrected chi connectivity index (χ2v) is 8.42. The maximum Gasteiger partial charge on any atom is 0.231 e. The summed E-state index contributed by atoms with van der Waals surface area (Å²) < 4.78 is 16.9. The van der Waals surface area contributed by atoms with Gasteiger partial charge in [0.25, 0.3) is 0 Å². The molecule has 2 aromatic carbocycles. The lowest BCUT2D eigenvalue weighted by atomic mass is 9.78. The fourth-order valence-electron chi connectivity index (χ4n) is 4.74. The normalized spacial score (nSPS) is 28.9. The van der Waals surface area contributed by atoms with Crippen molar-refractivity contribution in [3.8, 4) is 17.2 Å². The van der Waals surface area contributed by atoms with Crippen LogP contribution in [0.1, 0.15) is 18.4 Å². The molecule has 148 valence electrons. The van der Waals surface area contributed by atoms with Gasteiger partial charge >= 0.3 is 0 Å². The SMILES string of the molecule is O[C@@H]1C[C@H]2CN(Cc3ccccc3Cl)C[C@H]2C[C@H]1Oc1ccc2c(c1)OCO2. The van der Waals surface area contributed by atoms with E-state index in [0.29, 0.717) is 17.6 Å². The third-order valence-electron chi connectivity index (χ3n) is 6.14. The molecule has 2 aliphatic heterocycles. The number of aliphatic hydroxyl groups excluding tert-OH is 1. The van der Waals surface area contributed by atoms with Gasteiger partial charge in [-0.05, 0) is 48.4 Å². The number of likely N-dealkylation sites (tertiary alicyclic amines) is 1. The zero-order chi connectivity index (χ0) is 19.1. The molecular weight excluding hydrogens is 378 g/mol. The van der Waals surface area contributed by atoms with Crippen molar-refractivity contribution in [1.82, 2.24) is 4.90 Å². The Labute approximate surface area is 169 Å². The smallest absolute Gasteiger partial charge is 0.231 e. The summed E-state index contributed by atoms with van der Waals surface area (Å²) in [5.74, 6) is 3.20. The van der Waals surface area contributed by atoms with E-state index in [1.54, 1.807) is 0 Å². The number of hydrogen-bond donors (Lipinski definition) is 1. The van der Waals surface area contributed by atoms with Crippen molar-refractivity contribution in [2.75, 3.05) is 19.9 Å². The van der Waals surface area contributed by atoms with Crippen molar-refractivity contribution in [2.24, 2.45) is 11.8 Å². The Balaban J connectivity index is 1.23. The Morgan fingerprint density at radius 3 is 2.68 bits per heavy atom. The van der Waals surface area contributed by atoms with Gasteiger partial charge in [0.05, 0.1) is 6.10 Å². The summed E-state index contributed by atoms with van der Waals surface area (Å²) in [6.45, 7) is 3.12. The summed E-state index contributed by atoms with van der Waals surface area (Å²) >= 11 is 6.33. The number of rotatable bonds is 4. The minimum Gasteiger partial charge on any atom is -0.488 e. The Morgan fingerprint density at radius 2 is 1.82 bits per heavy atom. The highest BCUT2D eigenvalue weighted by Crippen LogP contribution is 2.40. The van der Waals surface area contributed by atoms with Crippen molar-refractivity contribution in [2.45, 2.75) is 31.6 Å². The van der Waals surface area contributed by atoms with Crippen LogP contribution in [0.2, 0.25) is 5.02 Å². The first-order valence-corrected chi connectivity index (χ1v) is 10.2. The molecule has 2 heterocycles. The summed E-state index contributed by atoms with van der Waals surface area (Å²) in [6, 6.07) is 13.6. The van der Waals surface area contributed by atoms with Crippen molar-refractivity contribution < 1.29 is 19.3 Å². The van der Waals surface area contributed by atoms with E-state index >= 15 is 0 Å². The van der Waals surface area contributed by atoms with Gasteiger partial charge in [0.2, 0.25) is 6.79 Å². The Morgan fingerprint density at radius 1 is 1.04 bits per heavy atom. The van der Waals surface area contributed by atoms with Crippen LogP contribution in [0, 0.1) is 11.8 Å². The molecule has 0 radical (unpaired) electrons. The first kappa shape index (κ1) is 18.1. The largest absolute Gasteiger partial charge is 0.488 e. The average molecular weight is 402 g/mol. The van der Waals surface area contributed by atoms with E-state index in [9.17, 15) is 5.11 Å². The maximum atomic E-state index is 10.7. The molecular formula is C22H24ClNO4. The van der Waals surface area contributed by atoms with Gasteiger partial charge in [0.15, 0.2) is 11.5 Å². The monoisotopic (exact) mass is 401 g/mol. The molecule has 6 heteroatoms. The van der Waals surface area contributed by atoms with Crippen molar-refractivity contribution in [3.05, 3.63) is 53.1 Å². The Hall–Kier alpha value is -1.95. The van der Waals surface area contributed by atoms with E-state index in [1.807, 2.05) is 36.4 Å². The molecule has 0 aromatic heterocycles. The average Bonchev–Trinajstić information content (AvgIpc) is 3.29. The number of halogens is 1. The van der Waals surface area contributed by atoms with E-state index in [4.69, 9.17) is 25.8 Å². The summed E-state index contributed by atoms with van der Waals surface area (Å²) in [5.41, 5.74) is 1.16. The van der Waals surface area contributed by atoms with E-state index in [0.717, 1.165) is 54.6 Å². The van der Waals surface area contributed by atoms with Crippen LogP contribution in [-0.4, -0.2) is 42.1 Å². The minimum absolute atomic E-state index is 0.193. The third kappa shape index (κ3) is 3.54. The molecule has 0 spiro atoms. The van der Waals surface area contributed by atoms with Gasteiger partial charge in [-0.1, -0.05) is 29.8 Å². The predicted molar refractivity (Wildman–Crippen MR) is 106 cm³/mol. The Bertz CT molecular complexity index is 860. The van der Waals surface area contributed by atoms with Gasteiger partial charge in [0.1, 0.15) is 11.9 Å². The number of hydrogen-bond acceptors (Lipinski definition) is 5. The van der Waals surface area contributed by atoms with Crippen LogP contribution >= 0.6 is 11.6 Å². The summed E-state index contributed by atoms with van der Waals surface area (Å²) in [7, 11) is 0. The second-order valence-electron chi connectivity index (χ2n) is 8.02. The van der Waals surface area contributed by atoms with Gasteiger partial charge in [-0.2, -0.15) is 0 Å². The highest BCUT2D eigenvalue weighted by atomic mass is 35.5. The quantitative estimate of drug-likeness (QED) is 0.846. The number of fused-ring (bicyclic) bond motifs is 2. The van der Waals surface area contributed by atoms with Gasteiger partial charge in [-0.3, -0.25) is 4.90 Å². The molecule has 28 heavy (non-hydrogen) atoms. The first-order chi connectivity index (χ1) is 13.7. The van der Waals surface area contributed by atoms with Crippen molar-refractivity contribution in [3.63, 3.8) is 0 Å². The van der Waals surface area contributed by atoms with Crippen molar-refractivity contribution >= 4 is 11.6 Å². The van der Waals surface area contributed by atoms with Gasteiger partial charge in [-0.15, -0.1) is 0 Å². The molecule has 1 aliphatic carbocycles. The highest BCUT2D eigenvalue weighted by Gasteiger charge is 2.42. The van der Waals surface area contributed by atoms with Crippen LogP contribution in [0.4, 0.5) is 0 Å². The highest BCUT2D eigenvalue weighted by molar-refractivity contribution is 6.31. The van der Waals surface area contributed by atoms with Gasteiger partial charge in [-0.25, -0.2) is 0 Å². The van der Waals surface area contributed by atoms with Crippen LogP contribution in [0.25, 0.3) is 0 Å². The Kier molecular flexibility index (Phi) is 4.83. The molecule has 2 aromatic rings. The molecule has 5 nitrogen and oxygen atoms in total. The molecule has 0 bridgehead atoms. The summed E-state index contributed by atoms with van der Waals surface area (Å²) in [6.07, 6.45) is 0.992. The van der Waals surface area contributed by atoms with Crippen LogP contribution in [0.15, 0.2) is 42.5 Å². The van der Waals surface area contributed by atoms with E-state index in [-0.39, 0.29) is 12.9 Å². The van der Waals surface area contributed by atoms with Crippen LogP contribution in [0.5, 0.6) is 17.2 Å². The van der Waals surface area contributed by atoms with Crippen LogP contribution in [-0.2, 0) is 6.54 Å². The third-order valence-corrected chi connectivity index (χ3v) is 6.51. The zero-order valence-electron chi connectivity index (χ0n) is 15.6. The number of ether oxygens (including phenoxy) is 3. The van der Waals surface area contributed by atoms with Gasteiger partial charge < -0.3 is 19.3 Å². The van der Waals surface area contributed by atoms with Crippen molar-refractivity contribution in [1.29, 1.82) is 0 Å². The lowest BCUT2D eigenvalue weighted by Gasteiger charge is -2.35. The standard InChI is InChI=1S/C22H24ClNO4/c23-18-4-2-1-3-14(18)10-24-11-15-7-19(25)21(8-16(15)12-24)28-17-5-6-20-22(9-17)27-13-26-20/h1-6,9,15-16,19,21,25H,7-8,10-13H2/t15-,16+,19+,21+/m0/s1. The van der Waals surface area contributed by atoms with E-state index in [1.165, 1.54) is 0 Å². The zero-order valence-corrected chi connectivity index (χ0v) is 16.3. The fourth-order valence-corrected chi connectivity index (χ4v) is 4.93. The molecule has 1 saturated heterocycles. The first-order valence-electron chi connectivity index (χ1n) is 9.86. The number of aliphatic hydroxyl groups is 1. The van der Waals surface area contributed by atoms with E-state index in [2.05, 4.69) is 11.0 Å². The van der Waals surface area contributed by atoms with Gasteiger partial charge in [0, 0.05) is 30.7 Å².